The quantitative estimate of drug-likeness (QED) is 0.849. The SMILES string of the molecule is CNCCC(=O)N(C)Cc1cc(F)ccc1F. The standard InChI is InChI=1S/C12H16F2N2O/c1-15-6-5-12(17)16(2)8-9-7-10(13)3-4-11(9)14/h3-4,7,15H,5-6,8H2,1-2H3. The molecule has 0 aromatic heterocycles. The van der Waals surface area contributed by atoms with Gasteiger partial charge in [-0.3, -0.25) is 4.79 Å². The number of amides is 1. The Morgan fingerprint density at radius 1 is 1.41 bits per heavy atom. The normalized spacial score (nSPS) is 10.4. The molecule has 0 aliphatic carbocycles. The molecule has 1 amide bonds. The summed E-state index contributed by atoms with van der Waals surface area (Å²) >= 11 is 0. The van der Waals surface area contributed by atoms with Gasteiger partial charge in [0.1, 0.15) is 11.6 Å². The van der Waals surface area contributed by atoms with Gasteiger partial charge in [0.25, 0.3) is 0 Å². The molecule has 3 nitrogen and oxygen atoms in total. The largest absolute Gasteiger partial charge is 0.341 e. The molecular weight excluding hydrogens is 226 g/mol. The van der Waals surface area contributed by atoms with Crippen LogP contribution in [-0.4, -0.2) is 31.4 Å². The van der Waals surface area contributed by atoms with Crippen LogP contribution in [0, 0.1) is 11.6 Å². The maximum Gasteiger partial charge on any atom is 0.223 e. The van der Waals surface area contributed by atoms with Crippen molar-refractivity contribution < 1.29 is 13.6 Å². The Morgan fingerprint density at radius 2 is 2.12 bits per heavy atom. The first-order chi connectivity index (χ1) is 8.04. The average Bonchev–Trinajstić information content (AvgIpc) is 2.30. The summed E-state index contributed by atoms with van der Waals surface area (Å²) in [6.45, 7) is 0.640. The number of benzene rings is 1. The summed E-state index contributed by atoms with van der Waals surface area (Å²) in [5, 5.41) is 2.86. The molecule has 0 bridgehead atoms. The minimum absolute atomic E-state index is 0.0755. The Hall–Kier alpha value is -1.49. The molecule has 0 saturated carbocycles. The van der Waals surface area contributed by atoms with Crippen LogP contribution in [-0.2, 0) is 11.3 Å². The van der Waals surface area contributed by atoms with Crippen LogP contribution in [0.4, 0.5) is 8.78 Å². The van der Waals surface area contributed by atoms with Crippen molar-refractivity contribution in [3.05, 3.63) is 35.4 Å². The second-order valence-electron chi connectivity index (χ2n) is 3.84. The van der Waals surface area contributed by atoms with Gasteiger partial charge < -0.3 is 10.2 Å². The fourth-order valence-corrected chi connectivity index (χ4v) is 1.43. The predicted octanol–water partition coefficient (Wildman–Crippen LogP) is 1.53. The van der Waals surface area contributed by atoms with Crippen molar-refractivity contribution >= 4 is 5.91 Å². The van der Waals surface area contributed by atoms with E-state index in [-0.39, 0.29) is 18.0 Å². The van der Waals surface area contributed by atoms with Gasteiger partial charge in [0.2, 0.25) is 5.91 Å². The minimum atomic E-state index is -0.502. The second-order valence-corrected chi connectivity index (χ2v) is 3.84. The van der Waals surface area contributed by atoms with Crippen LogP contribution in [0.25, 0.3) is 0 Å². The number of carbonyl (C=O) groups excluding carboxylic acids is 1. The summed E-state index contributed by atoms with van der Waals surface area (Å²) in [6.07, 6.45) is 0.337. The zero-order valence-electron chi connectivity index (χ0n) is 9.96. The van der Waals surface area contributed by atoms with E-state index >= 15 is 0 Å². The summed E-state index contributed by atoms with van der Waals surface area (Å²) in [5.41, 5.74) is 0.185. The van der Waals surface area contributed by atoms with Gasteiger partial charge in [-0.15, -0.1) is 0 Å². The lowest BCUT2D eigenvalue weighted by Crippen LogP contribution is -2.29. The molecule has 0 spiro atoms. The Morgan fingerprint density at radius 3 is 2.76 bits per heavy atom. The smallest absolute Gasteiger partial charge is 0.223 e. The third-order valence-electron chi connectivity index (χ3n) is 2.43. The number of rotatable bonds is 5. The van der Waals surface area contributed by atoms with Gasteiger partial charge in [0.15, 0.2) is 0 Å². The van der Waals surface area contributed by atoms with Crippen LogP contribution >= 0.6 is 0 Å². The van der Waals surface area contributed by atoms with E-state index in [9.17, 15) is 13.6 Å². The van der Waals surface area contributed by atoms with Crippen molar-refractivity contribution in [2.24, 2.45) is 0 Å². The monoisotopic (exact) mass is 242 g/mol. The zero-order valence-corrected chi connectivity index (χ0v) is 9.96. The first-order valence-electron chi connectivity index (χ1n) is 5.37. The van der Waals surface area contributed by atoms with Crippen molar-refractivity contribution in [2.45, 2.75) is 13.0 Å². The molecule has 1 aromatic rings. The Bertz CT molecular complexity index is 396. The third-order valence-corrected chi connectivity index (χ3v) is 2.43. The lowest BCUT2D eigenvalue weighted by molar-refractivity contribution is -0.130. The number of hydrogen-bond acceptors (Lipinski definition) is 2. The third kappa shape index (κ3) is 4.11. The molecule has 1 aromatic carbocycles. The number of carbonyl (C=O) groups is 1. The van der Waals surface area contributed by atoms with Gasteiger partial charge in [0.05, 0.1) is 0 Å². The van der Waals surface area contributed by atoms with Crippen molar-refractivity contribution in [1.29, 1.82) is 0 Å². The Balaban J connectivity index is 2.64. The van der Waals surface area contributed by atoms with E-state index in [0.717, 1.165) is 18.2 Å². The average molecular weight is 242 g/mol. The molecular formula is C12H16F2N2O. The van der Waals surface area contributed by atoms with Crippen molar-refractivity contribution in [2.75, 3.05) is 20.6 Å². The molecule has 0 radical (unpaired) electrons. The number of nitrogens with one attached hydrogen (secondary N) is 1. The highest BCUT2D eigenvalue weighted by Gasteiger charge is 2.11. The molecule has 94 valence electrons. The van der Waals surface area contributed by atoms with Gasteiger partial charge in [0, 0.05) is 32.1 Å². The van der Waals surface area contributed by atoms with Gasteiger partial charge in [-0.25, -0.2) is 8.78 Å². The summed E-state index contributed by atoms with van der Waals surface area (Å²) < 4.78 is 26.2. The van der Waals surface area contributed by atoms with Crippen molar-refractivity contribution in [1.82, 2.24) is 10.2 Å². The van der Waals surface area contributed by atoms with E-state index in [1.807, 2.05) is 0 Å². The Labute approximate surface area is 99.4 Å². The predicted molar refractivity (Wildman–Crippen MR) is 61.4 cm³/mol. The van der Waals surface area contributed by atoms with E-state index in [2.05, 4.69) is 5.32 Å². The molecule has 0 atom stereocenters. The number of nitrogens with zero attached hydrogens (tertiary/aromatic N) is 1. The van der Waals surface area contributed by atoms with E-state index in [1.54, 1.807) is 14.1 Å². The lowest BCUT2D eigenvalue weighted by atomic mass is 10.2. The maximum atomic E-state index is 13.3. The first kappa shape index (κ1) is 13.6. The zero-order chi connectivity index (χ0) is 12.8. The van der Waals surface area contributed by atoms with Crippen LogP contribution in [0.5, 0.6) is 0 Å². The maximum absolute atomic E-state index is 13.3. The summed E-state index contributed by atoms with van der Waals surface area (Å²) in [4.78, 5) is 13.0. The van der Waals surface area contributed by atoms with Crippen molar-refractivity contribution in [3.63, 3.8) is 0 Å². The molecule has 1 N–H and O–H groups in total. The molecule has 0 unspecified atom stereocenters. The Kier molecular flexibility index (Phi) is 5.03. The van der Waals surface area contributed by atoms with Crippen LogP contribution in [0.1, 0.15) is 12.0 Å². The molecule has 5 heteroatoms. The fourth-order valence-electron chi connectivity index (χ4n) is 1.43. The molecule has 17 heavy (non-hydrogen) atoms. The molecule has 0 heterocycles. The minimum Gasteiger partial charge on any atom is -0.341 e. The second kappa shape index (κ2) is 6.30. The highest BCUT2D eigenvalue weighted by atomic mass is 19.1. The van der Waals surface area contributed by atoms with Crippen molar-refractivity contribution in [3.8, 4) is 0 Å². The van der Waals surface area contributed by atoms with Gasteiger partial charge in [-0.1, -0.05) is 0 Å². The summed E-state index contributed by atoms with van der Waals surface area (Å²) in [6, 6.07) is 3.23. The van der Waals surface area contributed by atoms with Gasteiger partial charge in [-0.05, 0) is 25.2 Å². The van der Waals surface area contributed by atoms with Gasteiger partial charge in [-0.2, -0.15) is 0 Å². The number of halogens is 2. The van der Waals surface area contributed by atoms with Gasteiger partial charge >= 0.3 is 0 Å². The molecule has 1 rings (SSSR count). The van der Waals surface area contributed by atoms with E-state index in [1.165, 1.54) is 4.90 Å². The first-order valence-corrected chi connectivity index (χ1v) is 5.37. The van der Waals surface area contributed by atoms with E-state index in [4.69, 9.17) is 0 Å². The van der Waals surface area contributed by atoms with Crippen LogP contribution in [0.3, 0.4) is 0 Å². The molecule has 0 aliphatic rings. The fraction of sp³-hybridized carbons (Fsp3) is 0.417. The highest BCUT2D eigenvalue weighted by molar-refractivity contribution is 5.76. The molecule has 0 aliphatic heterocycles. The summed E-state index contributed by atoms with van der Waals surface area (Å²) in [7, 11) is 3.32. The molecule has 0 fully saturated rings. The topological polar surface area (TPSA) is 32.3 Å². The van der Waals surface area contributed by atoms with E-state index < -0.39 is 11.6 Å². The van der Waals surface area contributed by atoms with E-state index in [0.29, 0.717) is 13.0 Å². The highest BCUT2D eigenvalue weighted by Crippen LogP contribution is 2.12. The van der Waals surface area contributed by atoms with Crippen LogP contribution in [0.2, 0.25) is 0 Å². The van der Waals surface area contributed by atoms with Crippen LogP contribution in [0.15, 0.2) is 18.2 Å². The number of hydrogen-bond donors (Lipinski definition) is 1. The molecule has 0 saturated heterocycles. The summed E-state index contributed by atoms with van der Waals surface area (Å²) in [5.74, 6) is -1.11. The lowest BCUT2D eigenvalue weighted by Gasteiger charge is -2.17. The van der Waals surface area contributed by atoms with Crippen LogP contribution < -0.4 is 5.32 Å².